The van der Waals surface area contributed by atoms with E-state index in [2.05, 4.69) is 4.98 Å². The fourth-order valence-electron chi connectivity index (χ4n) is 1.41. The van der Waals surface area contributed by atoms with Crippen LogP contribution in [0, 0.1) is 6.92 Å². The Balaban J connectivity index is 2.77. The highest BCUT2D eigenvalue weighted by Crippen LogP contribution is 2.22. The molecule has 0 fully saturated rings. The molecule has 16 heavy (non-hydrogen) atoms. The Labute approximate surface area is 98.1 Å². The SMILES string of the molecule is Cc1cc2cc(S(N)(=O)=O)ccc2nc1Cl. The number of hydrogen-bond acceptors (Lipinski definition) is 3. The fourth-order valence-corrected chi connectivity index (χ4v) is 2.11. The number of sulfonamides is 1. The number of hydrogen-bond donors (Lipinski definition) is 1. The number of nitrogens with two attached hydrogens (primary N) is 1. The monoisotopic (exact) mass is 256 g/mol. The molecule has 0 saturated carbocycles. The molecule has 2 N–H and O–H groups in total. The Kier molecular flexibility index (Phi) is 2.61. The summed E-state index contributed by atoms with van der Waals surface area (Å²) in [7, 11) is -3.68. The molecule has 0 bridgehead atoms. The van der Waals surface area contributed by atoms with Gasteiger partial charge in [0.1, 0.15) is 5.15 Å². The largest absolute Gasteiger partial charge is 0.238 e. The van der Waals surface area contributed by atoms with Crippen LogP contribution in [0.5, 0.6) is 0 Å². The van der Waals surface area contributed by atoms with Gasteiger partial charge in [-0.05, 0) is 36.8 Å². The molecule has 2 rings (SSSR count). The van der Waals surface area contributed by atoms with Crippen molar-refractivity contribution in [2.75, 3.05) is 0 Å². The standard InChI is InChI=1S/C10H9ClN2O2S/c1-6-4-7-5-8(16(12,14)15)2-3-9(7)13-10(6)11/h2-5H,1H3,(H2,12,14,15). The van der Waals surface area contributed by atoms with E-state index in [1.165, 1.54) is 12.1 Å². The molecule has 0 aliphatic rings. The predicted octanol–water partition coefficient (Wildman–Crippen LogP) is 1.84. The van der Waals surface area contributed by atoms with Crippen LogP contribution in [0.4, 0.5) is 0 Å². The zero-order valence-electron chi connectivity index (χ0n) is 8.44. The third kappa shape index (κ3) is 2.02. The summed E-state index contributed by atoms with van der Waals surface area (Å²) in [6.07, 6.45) is 0. The Morgan fingerprint density at radius 3 is 2.62 bits per heavy atom. The van der Waals surface area contributed by atoms with Gasteiger partial charge in [-0.25, -0.2) is 18.5 Å². The van der Waals surface area contributed by atoms with Crippen molar-refractivity contribution in [2.45, 2.75) is 11.8 Å². The summed E-state index contributed by atoms with van der Waals surface area (Å²) in [6, 6.07) is 6.26. The van der Waals surface area contributed by atoms with Crippen molar-refractivity contribution in [1.29, 1.82) is 0 Å². The van der Waals surface area contributed by atoms with Crippen LogP contribution in [-0.4, -0.2) is 13.4 Å². The maximum Gasteiger partial charge on any atom is 0.238 e. The highest BCUT2D eigenvalue weighted by atomic mass is 35.5. The first-order valence-electron chi connectivity index (χ1n) is 4.47. The second kappa shape index (κ2) is 3.69. The summed E-state index contributed by atoms with van der Waals surface area (Å²) in [4.78, 5) is 4.20. The second-order valence-corrected chi connectivity index (χ2v) is 5.42. The molecule has 4 nitrogen and oxygen atoms in total. The van der Waals surface area contributed by atoms with Gasteiger partial charge < -0.3 is 0 Å². The van der Waals surface area contributed by atoms with E-state index in [1.54, 1.807) is 19.1 Å². The second-order valence-electron chi connectivity index (χ2n) is 3.50. The van der Waals surface area contributed by atoms with Crippen LogP contribution in [0.2, 0.25) is 5.15 Å². The molecule has 1 aromatic heterocycles. The molecule has 0 saturated heterocycles. The highest BCUT2D eigenvalue weighted by molar-refractivity contribution is 7.89. The van der Waals surface area contributed by atoms with Gasteiger partial charge in [0, 0.05) is 5.39 Å². The van der Waals surface area contributed by atoms with E-state index >= 15 is 0 Å². The Bertz CT molecular complexity index is 668. The molecular weight excluding hydrogens is 248 g/mol. The van der Waals surface area contributed by atoms with Gasteiger partial charge in [0.2, 0.25) is 10.0 Å². The first-order chi connectivity index (χ1) is 7.38. The molecule has 1 aromatic carbocycles. The van der Waals surface area contributed by atoms with Crippen LogP contribution in [0.3, 0.4) is 0 Å². The molecule has 0 amide bonds. The number of aromatic nitrogens is 1. The fraction of sp³-hybridized carbons (Fsp3) is 0.100. The lowest BCUT2D eigenvalue weighted by Crippen LogP contribution is -2.11. The van der Waals surface area contributed by atoms with Gasteiger partial charge >= 0.3 is 0 Å². The summed E-state index contributed by atoms with van der Waals surface area (Å²) in [6.45, 7) is 1.80. The van der Waals surface area contributed by atoms with Gasteiger partial charge in [-0.3, -0.25) is 0 Å². The number of rotatable bonds is 1. The third-order valence-electron chi connectivity index (χ3n) is 2.24. The number of nitrogens with zero attached hydrogens (tertiary/aromatic N) is 1. The molecule has 0 spiro atoms. The lowest BCUT2D eigenvalue weighted by molar-refractivity contribution is 0.598. The number of pyridine rings is 1. The zero-order valence-corrected chi connectivity index (χ0v) is 10.0. The van der Waals surface area contributed by atoms with Crippen molar-refractivity contribution >= 4 is 32.5 Å². The highest BCUT2D eigenvalue weighted by Gasteiger charge is 2.09. The maximum atomic E-state index is 11.2. The van der Waals surface area contributed by atoms with Crippen molar-refractivity contribution in [3.05, 3.63) is 35.0 Å². The van der Waals surface area contributed by atoms with Gasteiger partial charge in [-0.1, -0.05) is 11.6 Å². The smallest absolute Gasteiger partial charge is 0.236 e. The average molecular weight is 257 g/mol. The first-order valence-corrected chi connectivity index (χ1v) is 6.40. The summed E-state index contributed by atoms with van der Waals surface area (Å²) >= 11 is 5.86. The van der Waals surface area contributed by atoms with Crippen LogP contribution < -0.4 is 5.14 Å². The zero-order chi connectivity index (χ0) is 11.9. The molecule has 0 atom stereocenters. The van der Waals surface area contributed by atoms with E-state index in [4.69, 9.17) is 16.7 Å². The molecule has 2 aromatic rings. The summed E-state index contributed by atoms with van der Waals surface area (Å²) in [5.41, 5.74) is 1.43. The average Bonchev–Trinajstić information content (AvgIpc) is 2.17. The van der Waals surface area contributed by atoms with E-state index in [1.807, 2.05) is 0 Å². The van der Waals surface area contributed by atoms with Crippen LogP contribution in [0.1, 0.15) is 5.56 Å². The quantitative estimate of drug-likeness (QED) is 0.792. The number of primary sulfonamides is 1. The molecule has 0 radical (unpaired) electrons. The van der Waals surface area contributed by atoms with Crippen LogP contribution in [0.25, 0.3) is 10.9 Å². The van der Waals surface area contributed by atoms with Gasteiger partial charge in [0.25, 0.3) is 0 Å². The number of halogens is 1. The summed E-state index contributed by atoms with van der Waals surface area (Å²) in [5.74, 6) is 0. The Morgan fingerprint density at radius 2 is 2.00 bits per heavy atom. The van der Waals surface area contributed by atoms with Crippen LogP contribution in [0.15, 0.2) is 29.2 Å². The minimum Gasteiger partial charge on any atom is -0.236 e. The van der Waals surface area contributed by atoms with E-state index < -0.39 is 10.0 Å². The molecule has 0 aliphatic heterocycles. The summed E-state index contributed by atoms with van der Waals surface area (Å²) < 4.78 is 22.3. The number of benzene rings is 1. The van der Waals surface area contributed by atoms with Gasteiger partial charge in [0.15, 0.2) is 0 Å². The van der Waals surface area contributed by atoms with E-state index in [-0.39, 0.29) is 4.90 Å². The lowest BCUT2D eigenvalue weighted by atomic mass is 10.2. The normalized spacial score (nSPS) is 11.9. The van der Waals surface area contributed by atoms with Crippen LogP contribution in [-0.2, 0) is 10.0 Å². The van der Waals surface area contributed by atoms with Crippen molar-refractivity contribution in [1.82, 2.24) is 4.98 Å². The van der Waals surface area contributed by atoms with Gasteiger partial charge in [0.05, 0.1) is 10.4 Å². The number of fused-ring (bicyclic) bond motifs is 1. The topological polar surface area (TPSA) is 73.1 Å². The molecular formula is C10H9ClN2O2S. The van der Waals surface area contributed by atoms with E-state index in [0.29, 0.717) is 16.1 Å². The molecule has 1 heterocycles. The Morgan fingerprint density at radius 1 is 1.31 bits per heavy atom. The Hall–Kier alpha value is -1.17. The molecule has 84 valence electrons. The predicted molar refractivity (Wildman–Crippen MR) is 62.9 cm³/mol. The minimum atomic E-state index is -3.68. The molecule has 6 heteroatoms. The first kappa shape index (κ1) is 11.3. The van der Waals surface area contributed by atoms with Gasteiger partial charge in [-0.2, -0.15) is 0 Å². The van der Waals surface area contributed by atoms with E-state index in [9.17, 15) is 8.42 Å². The van der Waals surface area contributed by atoms with Gasteiger partial charge in [-0.15, -0.1) is 0 Å². The van der Waals surface area contributed by atoms with Crippen molar-refractivity contribution < 1.29 is 8.42 Å². The van der Waals surface area contributed by atoms with Crippen molar-refractivity contribution in [3.8, 4) is 0 Å². The lowest BCUT2D eigenvalue weighted by Gasteiger charge is -2.03. The minimum absolute atomic E-state index is 0.0727. The third-order valence-corrected chi connectivity index (χ3v) is 3.54. The van der Waals surface area contributed by atoms with Crippen molar-refractivity contribution in [2.24, 2.45) is 5.14 Å². The maximum absolute atomic E-state index is 11.2. The van der Waals surface area contributed by atoms with E-state index in [0.717, 1.165) is 5.56 Å². The number of aryl methyl sites for hydroxylation is 1. The van der Waals surface area contributed by atoms with Crippen LogP contribution >= 0.6 is 11.6 Å². The summed E-state index contributed by atoms with van der Waals surface area (Å²) in [5, 5.41) is 6.16. The molecule has 0 aliphatic carbocycles. The van der Waals surface area contributed by atoms with Crippen molar-refractivity contribution in [3.63, 3.8) is 0 Å². The molecule has 0 unspecified atom stereocenters.